The van der Waals surface area contributed by atoms with E-state index in [1.807, 2.05) is 36.4 Å². The van der Waals surface area contributed by atoms with Gasteiger partial charge in [-0.15, -0.1) is 0 Å². The molecule has 0 aliphatic carbocycles. The SMILES string of the molecule is COc1ccc(CN)cc1OCCOc1ccc(C(C)(C)c2ccccc2)cc1. The average Bonchev–Trinajstić information content (AvgIpc) is 2.77. The predicted molar refractivity (Wildman–Crippen MR) is 117 cm³/mol. The summed E-state index contributed by atoms with van der Waals surface area (Å²) in [6.45, 7) is 5.78. The molecule has 0 atom stereocenters. The summed E-state index contributed by atoms with van der Waals surface area (Å²) in [6, 6.07) is 24.5. The van der Waals surface area contributed by atoms with E-state index in [2.05, 4.69) is 50.2 Å². The molecule has 3 rings (SSSR count). The monoisotopic (exact) mass is 391 g/mol. The number of hydrogen-bond donors (Lipinski definition) is 1. The van der Waals surface area contributed by atoms with Gasteiger partial charge >= 0.3 is 0 Å². The number of benzene rings is 3. The van der Waals surface area contributed by atoms with Crippen molar-refractivity contribution in [2.75, 3.05) is 20.3 Å². The molecule has 0 fully saturated rings. The van der Waals surface area contributed by atoms with Gasteiger partial charge in [0.05, 0.1) is 7.11 Å². The molecule has 29 heavy (non-hydrogen) atoms. The van der Waals surface area contributed by atoms with Crippen LogP contribution < -0.4 is 19.9 Å². The average molecular weight is 392 g/mol. The number of nitrogens with two attached hydrogens (primary N) is 1. The van der Waals surface area contributed by atoms with E-state index in [4.69, 9.17) is 19.9 Å². The molecule has 0 aliphatic rings. The Kier molecular flexibility index (Phi) is 6.78. The van der Waals surface area contributed by atoms with Gasteiger partial charge in [0.15, 0.2) is 11.5 Å². The summed E-state index contributed by atoms with van der Waals surface area (Å²) in [4.78, 5) is 0. The second-order valence-corrected chi connectivity index (χ2v) is 7.40. The lowest BCUT2D eigenvalue weighted by atomic mass is 9.78. The first-order valence-corrected chi connectivity index (χ1v) is 9.83. The quantitative estimate of drug-likeness (QED) is 0.525. The molecule has 0 aliphatic heterocycles. The molecule has 0 radical (unpaired) electrons. The largest absolute Gasteiger partial charge is 0.493 e. The summed E-state index contributed by atoms with van der Waals surface area (Å²) in [7, 11) is 1.62. The zero-order chi connectivity index (χ0) is 20.7. The Bertz CT molecular complexity index is 905. The topological polar surface area (TPSA) is 53.7 Å². The van der Waals surface area contributed by atoms with Crippen molar-refractivity contribution in [3.8, 4) is 17.2 Å². The molecule has 2 N–H and O–H groups in total. The van der Waals surface area contributed by atoms with Gasteiger partial charge in [-0.05, 0) is 41.0 Å². The van der Waals surface area contributed by atoms with Crippen molar-refractivity contribution < 1.29 is 14.2 Å². The second-order valence-electron chi connectivity index (χ2n) is 7.40. The maximum Gasteiger partial charge on any atom is 0.161 e. The molecule has 152 valence electrons. The van der Waals surface area contributed by atoms with E-state index < -0.39 is 0 Å². The van der Waals surface area contributed by atoms with Crippen molar-refractivity contribution in [2.24, 2.45) is 5.73 Å². The summed E-state index contributed by atoms with van der Waals surface area (Å²) < 4.78 is 17.0. The van der Waals surface area contributed by atoms with E-state index >= 15 is 0 Å². The van der Waals surface area contributed by atoms with E-state index in [1.165, 1.54) is 11.1 Å². The molecule has 0 aromatic heterocycles. The van der Waals surface area contributed by atoms with Crippen LogP contribution in [0.5, 0.6) is 17.2 Å². The fourth-order valence-electron chi connectivity index (χ4n) is 3.26. The maximum atomic E-state index is 5.84. The van der Waals surface area contributed by atoms with Crippen LogP contribution in [0.4, 0.5) is 0 Å². The Morgan fingerprint density at radius 2 is 1.41 bits per heavy atom. The fourth-order valence-corrected chi connectivity index (χ4v) is 3.26. The van der Waals surface area contributed by atoms with Crippen LogP contribution in [0, 0.1) is 0 Å². The standard InChI is InChI=1S/C25H29NO3/c1-25(2,20-7-5-4-6-8-20)21-10-12-22(13-11-21)28-15-16-29-24-17-19(18-26)9-14-23(24)27-3/h4-14,17H,15-16,18,26H2,1-3H3. The Labute approximate surface area is 173 Å². The maximum absolute atomic E-state index is 5.84. The molecule has 0 heterocycles. The summed E-state index contributed by atoms with van der Waals surface area (Å²) in [5.41, 5.74) is 9.17. The molecule has 3 aromatic carbocycles. The first-order valence-electron chi connectivity index (χ1n) is 9.83. The number of hydrogen-bond acceptors (Lipinski definition) is 4. The lowest BCUT2D eigenvalue weighted by molar-refractivity contribution is 0.211. The van der Waals surface area contributed by atoms with E-state index in [1.54, 1.807) is 7.11 Å². The normalized spacial score (nSPS) is 11.2. The Hall–Kier alpha value is -2.98. The Morgan fingerprint density at radius 1 is 0.759 bits per heavy atom. The van der Waals surface area contributed by atoms with E-state index in [-0.39, 0.29) is 5.41 Å². The highest BCUT2D eigenvalue weighted by atomic mass is 16.5. The van der Waals surface area contributed by atoms with Crippen LogP contribution in [0.1, 0.15) is 30.5 Å². The number of ether oxygens (including phenoxy) is 3. The minimum Gasteiger partial charge on any atom is -0.493 e. The van der Waals surface area contributed by atoms with E-state index in [0.717, 1.165) is 11.3 Å². The Balaban J connectivity index is 1.56. The summed E-state index contributed by atoms with van der Waals surface area (Å²) in [6.07, 6.45) is 0. The minimum atomic E-state index is -0.0620. The number of rotatable bonds is 9. The van der Waals surface area contributed by atoms with Crippen LogP contribution in [0.15, 0.2) is 72.8 Å². The molecule has 4 heteroatoms. The first-order chi connectivity index (χ1) is 14.0. The van der Waals surface area contributed by atoms with Crippen molar-refractivity contribution in [1.29, 1.82) is 0 Å². The zero-order valence-corrected chi connectivity index (χ0v) is 17.4. The van der Waals surface area contributed by atoms with Gasteiger partial charge < -0.3 is 19.9 Å². The lowest BCUT2D eigenvalue weighted by Gasteiger charge is -2.26. The van der Waals surface area contributed by atoms with Gasteiger partial charge in [-0.1, -0.05) is 62.4 Å². The van der Waals surface area contributed by atoms with Crippen molar-refractivity contribution in [1.82, 2.24) is 0 Å². The molecule has 0 spiro atoms. The molecular weight excluding hydrogens is 362 g/mol. The van der Waals surface area contributed by atoms with Gasteiger partial charge in [-0.3, -0.25) is 0 Å². The summed E-state index contributed by atoms with van der Waals surface area (Å²) in [5, 5.41) is 0. The van der Waals surface area contributed by atoms with Gasteiger partial charge in [0.1, 0.15) is 19.0 Å². The summed E-state index contributed by atoms with van der Waals surface area (Å²) in [5.74, 6) is 2.19. The van der Waals surface area contributed by atoms with Crippen molar-refractivity contribution in [3.05, 3.63) is 89.5 Å². The van der Waals surface area contributed by atoms with Crippen molar-refractivity contribution in [2.45, 2.75) is 25.8 Å². The first kappa shape index (κ1) is 20.7. The zero-order valence-electron chi connectivity index (χ0n) is 17.4. The summed E-state index contributed by atoms with van der Waals surface area (Å²) >= 11 is 0. The molecule has 3 aromatic rings. The Morgan fingerprint density at radius 3 is 2.07 bits per heavy atom. The van der Waals surface area contributed by atoms with Gasteiger partial charge in [-0.2, -0.15) is 0 Å². The van der Waals surface area contributed by atoms with Crippen LogP contribution in [0.25, 0.3) is 0 Å². The van der Waals surface area contributed by atoms with E-state index in [9.17, 15) is 0 Å². The predicted octanol–water partition coefficient (Wildman–Crippen LogP) is 4.94. The molecule has 0 unspecified atom stereocenters. The minimum absolute atomic E-state index is 0.0620. The van der Waals surface area contributed by atoms with Gasteiger partial charge in [0, 0.05) is 12.0 Å². The molecule has 0 bridgehead atoms. The van der Waals surface area contributed by atoms with Crippen molar-refractivity contribution >= 4 is 0 Å². The molecular formula is C25H29NO3. The van der Waals surface area contributed by atoms with Crippen LogP contribution in [-0.2, 0) is 12.0 Å². The molecule has 4 nitrogen and oxygen atoms in total. The molecule has 0 amide bonds. The number of methoxy groups -OCH3 is 1. The third kappa shape index (κ3) is 5.09. The molecule has 0 saturated heterocycles. The third-order valence-corrected chi connectivity index (χ3v) is 5.14. The van der Waals surface area contributed by atoms with Gasteiger partial charge in [0.25, 0.3) is 0 Å². The highest BCUT2D eigenvalue weighted by Gasteiger charge is 2.22. The van der Waals surface area contributed by atoms with Crippen LogP contribution >= 0.6 is 0 Å². The van der Waals surface area contributed by atoms with E-state index in [0.29, 0.717) is 31.3 Å². The van der Waals surface area contributed by atoms with Crippen molar-refractivity contribution in [3.63, 3.8) is 0 Å². The van der Waals surface area contributed by atoms with Crippen LogP contribution in [0.3, 0.4) is 0 Å². The van der Waals surface area contributed by atoms with Crippen LogP contribution in [0.2, 0.25) is 0 Å². The lowest BCUT2D eigenvalue weighted by Crippen LogP contribution is -2.18. The van der Waals surface area contributed by atoms with Crippen LogP contribution in [-0.4, -0.2) is 20.3 Å². The highest BCUT2D eigenvalue weighted by molar-refractivity contribution is 5.43. The van der Waals surface area contributed by atoms with Gasteiger partial charge in [-0.25, -0.2) is 0 Å². The second kappa shape index (κ2) is 9.48. The van der Waals surface area contributed by atoms with Gasteiger partial charge in [0.2, 0.25) is 0 Å². The highest BCUT2D eigenvalue weighted by Crippen LogP contribution is 2.32. The smallest absolute Gasteiger partial charge is 0.161 e. The third-order valence-electron chi connectivity index (χ3n) is 5.14. The molecule has 0 saturated carbocycles. The fraction of sp³-hybridized carbons (Fsp3) is 0.280.